The Hall–Kier alpha value is -3.20. The number of carbonyl (C=O) groups excluding carboxylic acids is 2. The largest absolute Gasteiger partial charge is 0.414 e. The van der Waals surface area contributed by atoms with E-state index in [4.69, 9.17) is 23.5 Å². The number of hydrogen-bond acceptors (Lipinski definition) is 11. The van der Waals surface area contributed by atoms with E-state index in [-0.39, 0.29) is 47.5 Å². The fourth-order valence-electron chi connectivity index (χ4n) is 6.18. The molecule has 5 rings (SSSR count). The average Bonchev–Trinajstić information content (AvgIpc) is 3.55. The molecule has 4 heterocycles. The Morgan fingerprint density at radius 1 is 0.904 bits per heavy atom. The first-order valence-corrected chi connectivity index (χ1v) is 24.7. The lowest BCUT2D eigenvalue weighted by Crippen LogP contribution is -2.59. The van der Waals surface area contributed by atoms with Crippen molar-refractivity contribution in [2.45, 2.75) is 122 Å². The minimum absolute atomic E-state index is 0.0216. The van der Waals surface area contributed by atoms with Gasteiger partial charge >= 0.3 is 5.69 Å². The van der Waals surface area contributed by atoms with Gasteiger partial charge in [0.1, 0.15) is 12.2 Å². The molecular weight excluding hydrogens is 725 g/mol. The number of ether oxygens (including phenoxy) is 1. The molecule has 17 heteroatoms. The lowest BCUT2D eigenvalue weighted by Gasteiger charge is -2.43. The third-order valence-electron chi connectivity index (χ3n) is 11.4. The molecule has 0 saturated carbocycles. The van der Waals surface area contributed by atoms with Crippen LogP contribution in [0.15, 0.2) is 51.2 Å². The standard InChI is InChI=1S/C35H52N4O10SSi2/c1-22-19-39(32(43)38(28(22)40)18-14-17-37-29(41)23-15-12-13-16-24(23)30(37)42)31-27(48-52(10,11)34(5,6)7)35(25(36)21-50(44,45)49-35)26(47-31)20-46-51(8,9)33(2,3)4/h12-13,15-16,19,21,26-27,31H,14,17-18,20,36H2,1-11H3/t26-,27+,31-,35?/m1/s1. The van der Waals surface area contributed by atoms with E-state index < -0.39 is 73.9 Å². The van der Waals surface area contributed by atoms with Crippen molar-refractivity contribution in [2.24, 2.45) is 5.73 Å². The maximum absolute atomic E-state index is 14.4. The molecule has 2 amide bonds. The van der Waals surface area contributed by atoms with Crippen LogP contribution in [0.5, 0.6) is 0 Å². The number of nitrogens with two attached hydrogens (primary N) is 1. The summed E-state index contributed by atoms with van der Waals surface area (Å²) >= 11 is 0. The van der Waals surface area contributed by atoms with Crippen LogP contribution in [0.1, 0.15) is 80.5 Å². The summed E-state index contributed by atoms with van der Waals surface area (Å²) in [6.45, 7) is 21.6. The van der Waals surface area contributed by atoms with Gasteiger partial charge in [0.15, 0.2) is 28.5 Å². The van der Waals surface area contributed by atoms with E-state index in [0.29, 0.717) is 11.1 Å². The van der Waals surface area contributed by atoms with E-state index in [1.807, 2.05) is 47.0 Å². The minimum Gasteiger partial charge on any atom is -0.414 e. The zero-order chi connectivity index (χ0) is 39.0. The number of fused-ring (bicyclic) bond motifs is 1. The smallest absolute Gasteiger partial charge is 0.333 e. The number of aromatic nitrogens is 2. The van der Waals surface area contributed by atoms with E-state index in [0.717, 1.165) is 14.9 Å². The molecule has 1 saturated heterocycles. The second-order valence-corrected chi connectivity index (χ2v) is 27.9. The van der Waals surface area contributed by atoms with E-state index >= 15 is 0 Å². The maximum atomic E-state index is 14.4. The molecular formula is C35H52N4O10SSi2. The van der Waals surface area contributed by atoms with Crippen molar-refractivity contribution < 1.29 is 35.8 Å². The van der Waals surface area contributed by atoms with E-state index in [1.165, 1.54) is 10.8 Å². The van der Waals surface area contributed by atoms with Gasteiger partial charge in [0.05, 0.1) is 28.8 Å². The predicted octanol–water partition coefficient (Wildman–Crippen LogP) is 4.21. The molecule has 1 spiro atoms. The van der Waals surface area contributed by atoms with Gasteiger partial charge < -0.3 is 19.3 Å². The van der Waals surface area contributed by atoms with Crippen LogP contribution in [0.2, 0.25) is 36.3 Å². The number of imide groups is 1. The van der Waals surface area contributed by atoms with E-state index in [2.05, 4.69) is 20.8 Å². The van der Waals surface area contributed by atoms with Crippen LogP contribution in [0, 0.1) is 6.92 Å². The second kappa shape index (κ2) is 13.3. The van der Waals surface area contributed by atoms with Gasteiger partial charge in [-0.25, -0.2) is 8.98 Å². The Balaban J connectivity index is 1.57. The fourth-order valence-corrected chi connectivity index (χ4v) is 9.69. The van der Waals surface area contributed by atoms with Crippen molar-refractivity contribution in [3.05, 3.63) is 79.1 Å². The van der Waals surface area contributed by atoms with Crippen molar-refractivity contribution in [1.82, 2.24) is 14.0 Å². The van der Waals surface area contributed by atoms with Crippen molar-refractivity contribution in [3.63, 3.8) is 0 Å². The molecule has 286 valence electrons. The first kappa shape index (κ1) is 40.0. The molecule has 3 aliphatic rings. The topological polar surface area (TPSA) is 178 Å². The Morgan fingerprint density at radius 3 is 1.96 bits per heavy atom. The molecule has 14 nitrogen and oxygen atoms in total. The van der Waals surface area contributed by atoms with Crippen molar-refractivity contribution in [1.29, 1.82) is 0 Å². The average molecular weight is 777 g/mol. The lowest BCUT2D eigenvalue weighted by molar-refractivity contribution is -0.0567. The van der Waals surface area contributed by atoms with Crippen LogP contribution in [-0.2, 0) is 34.4 Å². The second-order valence-electron chi connectivity index (χ2n) is 16.9. The zero-order valence-electron chi connectivity index (χ0n) is 31.9. The summed E-state index contributed by atoms with van der Waals surface area (Å²) in [6, 6.07) is 6.53. The molecule has 1 fully saturated rings. The van der Waals surface area contributed by atoms with Gasteiger partial charge in [0.25, 0.3) is 27.5 Å². The highest BCUT2D eigenvalue weighted by Gasteiger charge is 2.67. The van der Waals surface area contributed by atoms with Crippen LogP contribution < -0.4 is 17.0 Å². The third-order valence-corrected chi connectivity index (χ3v) is 21.4. The summed E-state index contributed by atoms with van der Waals surface area (Å²) in [5.41, 5.74) is 4.07. The quantitative estimate of drug-likeness (QED) is 0.208. The fraction of sp³-hybridized carbons (Fsp3) is 0.600. The Bertz CT molecular complexity index is 2010. The maximum Gasteiger partial charge on any atom is 0.333 e. The minimum atomic E-state index is -4.29. The van der Waals surface area contributed by atoms with Crippen molar-refractivity contribution in [2.75, 3.05) is 13.2 Å². The van der Waals surface area contributed by atoms with Crippen LogP contribution in [0.25, 0.3) is 0 Å². The van der Waals surface area contributed by atoms with Crippen molar-refractivity contribution in [3.8, 4) is 0 Å². The summed E-state index contributed by atoms with van der Waals surface area (Å²) < 4.78 is 54.6. The summed E-state index contributed by atoms with van der Waals surface area (Å²) in [6.07, 6.45) is -2.19. The molecule has 1 aromatic heterocycles. The highest BCUT2D eigenvalue weighted by atomic mass is 32.2. The van der Waals surface area contributed by atoms with Gasteiger partial charge in [-0.1, -0.05) is 53.7 Å². The van der Waals surface area contributed by atoms with Crippen LogP contribution in [0.4, 0.5) is 0 Å². The highest BCUT2D eigenvalue weighted by molar-refractivity contribution is 7.90. The summed E-state index contributed by atoms with van der Waals surface area (Å²) in [4.78, 5) is 54.8. The number of rotatable bonds is 10. The molecule has 1 aromatic carbocycles. The number of benzene rings is 1. The highest BCUT2D eigenvalue weighted by Crippen LogP contribution is 2.52. The number of carbonyl (C=O) groups is 2. The Morgan fingerprint density at radius 2 is 1.46 bits per heavy atom. The third kappa shape index (κ3) is 6.84. The SMILES string of the molecule is Cc1cn([C@@H]2O[C@H](CO[Si](C)(C)C(C)(C)C)C3(OS(=O)(=O)C=C3N)[C@H]2O[Si](C)(C)C(C)(C)C)c(=O)n(CCCN2C(=O)c3ccccc3C2=O)c1=O. The zero-order valence-corrected chi connectivity index (χ0v) is 34.8. The molecule has 52 heavy (non-hydrogen) atoms. The first-order valence-electron chi connectivity index (χ1n) is 17.4. The predicted molar refractivity (Wildman–Crippen MR) is 200 cm³/mol. The molecule has 4 atom stereocenters. The van der Waals surface area contributed by atoms with E-state index in [9.17, 15) is 27.6 Å². The summed E-state index contributed by atoms with van der Waals surface area (Å²) in [5.74, 6) is -0.874. The van der Waals surface area contributed by atoms with E-state index in [1.54, 1.807) is 31.2 Å². The monoisotopic (exact) mass is 776 g/mol. The lowest BCUT2D eigenvalue weighted by atomic mass is 9.89. The number of hydrogen-bond donors (Lipinski definition) is 1. The molecule has 3 aliphatic heterocycles. The molecule has 1 unspecified atom stereocenters. The Labute approximate surface area is 307 Å². The van der Waals surface area contributed by atoms with Crippen LogP contribution in [-0.4, -0.2) is 81.9 Å². The van der Waals surface area contributed by atoms with Gasteiger partial charge in [-0.05, 0) is 61.7 Å². The van der Waals surface area contributed by atoms with Gasteiger partial charge in [0.2, 0.25) is 0 Å². The molecule has 2 N–H and O–H groups in total. The van der Waals surface area contributed by atoms with Crippen LogP contribution in [0.3, 0.4) is 0 Å². The van der Waals surface area contributed by atoms with Gasteiger partial charge in [-0.3, -0.25) is 28.4 Å². The first-order chi connectivity index (χ1) is 23.8. The van der Waals surface area contributed by atoms with Gasteiger partial charge in [-0.2, -0.15) is 8.42 Å². The molecule has 0 aliphatic carbocycles. The molecule has 0 radical (unpaired) electrons. The van der Waals surface area contributed by atoms with Crippen molar-refractivity contribution >= 4 is 38.6 Å². The number of nitrogens with zero attached hydrogens (tertiary/aromatic N) is 3. The molecule has 0 bridgehead atoms. The van der Waals surface area contributed by atoms with Gasteiger partial charge in [0, 0.05) is 24.8 Å². The number of aryl methyl sites for hydroxylation is 1. The number of amides is 2. The summed E-state index contributed by atoms with van der Waals surface area (Å²) in [5, 5.41) is 0.290. The van der Waals surface area contributed by atoms with Gasteiger partial charge in [-0.15, -0.1) is 0 Å². The molecule has 2 aromatic rings. The summed E-state index contributed by atoms with van der Waals surface area (Å²) in [7, 11) is -9.51. The Kier molecular flexibility index (Phi) is 10.2. The van der Waals surface area contributed by atoms with Crippen LogP contribution >= 0.6 is 0 Å². The normalized spacial score (nSPS) is 24.9.